The largest absolute Gasteiger partial charge is 0.368 e. The quantitative estimate of drug-likeness (QED) is 0.740. The Kier molecular flexibility index (Phi) is 3.23. The number of hydrogen-bond donors (Lipinski definition) is 1. The lowest BCUT2D eigenvalue weighted by Gasteiger charge is -2.38. The molecule has 92 valence electrons. The number of carbonyl (C=O) groups excluding carboxylic acids is 1. The van der Waals surface area contributed by atoms with Crippen LogP contribution in [0.3, 0.4) is 0 Å². The Bertz CT molecular complexity index is 422. The second-order valence-corrected chi connectivity index (χ2v) is 4.36. The van der Waals surface area contributed by atoms with Crippen molar-refractivity contribution < 1.29 is 4.79 Å². The first kappa shape index (κ1) is 11.8. The molecule has 6 nitrogen and oxygen atoms in total. The fourth-order valence-corrected chi connectivity index (χ4v) is 2.00. The van der Waals surface area contributed by atoms with Crippen molar-refractivity contribution in [3.8, 4) is 0 Å². The van der Waals surface area contributed by atoms with Crippen molar-refractivity contribution in [3.63, 3.8) is 0 Å². The molecule has 1 fully saturated rings. The van der Waals surface area contributed by atoms with Crippen molar-refractivity contribution in [3.05, 3.63) is 18.1 Å². The van der Waals surface area contributed by atoms with Crippen LogP contribution in [0, 0.1) is 6.92 Å². The van der Waals surface area contributed by atoms with Crippen LogP contribution in [-0.4, -0.2) is 53.5 Å². The van der Waals surface area contributed by atoms with Gasteiger partial charge in [0.15, 0.2) is 0 Å². The number of hydrogen-bond acceptors (Lipinski definition) is 5. The minimum Gasteiger partial charge on any atom is -0.368 e. The van der Waals surface area contributed by atoms with Gasteiger partial charge in [-0.15, -0.1) is 0 Å². The Labute approximate surface area is 100 Å². The molecule has 1 atom stereocenters. The third-order valence-electron chi connectivity index (χ3n) is 3.09. The van der Waals surface area contributed by atoms with Crippen LogP contribution < -0.4 is 10.6 Å². The Morgan fingerprint density at radius 2 is 2.24 bits per heavy atom. The number of amides is 1. The number of likely N-dealkylation sites (N-methyl/N-ethyl adjacent to an activating group) is 1. The Morgan fingerprint density at radius 3 is 2.88 bits per heavy atom. The van der Waals surface area contributed by atoms with E-state index in [0.29, 0.717) is 6.54 Å². The van der Waals surface area contributed by atoms with E-state index in [1.807, 2.05) is 24.9 Å². The molecule has 1 aliphatic rings. The Morgan fingerprint density at radius 1 is 1.47 bits per heavy atom. The Hall–Kier alpha value is -1.69. The van der Waals surface area contributed by atoms with Gasteiger partial charge in [0.2, 0.25) is 5.91 Å². The molecular formula is C11H17N5O. The summed E-state index contributed by atoms with van der Waals surface area (Å²) in [5.74, 6) is 0.569. The van der Waals surface area contributed by atoms with Gasteiger partial charge >= 0.3 is 0 Å². The fraction of sp³-hybridized carbons (Fsp3) is 0.545. The summed E-state index contributed by atoms with van der Waals surface area (Å²) < 4.78 is 0. The first-order valence-electron chi connectivity index (χ1n) is 5.61. The highest BCUT2D eigenvalue weighted by Crippen LogP contribution is 2.15. The summed E-state index contributed by atoms with van der Waals surface area (Å²) in [6.07, 6.45) is 1.54. The Balaban J connectivity index is 2.16. The molecule has 0 saturated carbocycles. The normalized spacial score (nSPS) is 21.5. The van der Waals surface area contributed by atoms with Crippen LogP contribution in [0.25, 0.3) is 0 Å². The first-order chi connectivity index (χ1) is 8.08. The predicted octanol–water partition coefficient (Wildman–Crippen LogP) is -0.609. The van der Waals surface area contributed by atoms with Crippen molar-refractivity contribution in [1.29, 1.82) is 0 Å². The smallest absolute Gasteiger partial charge is 0.236 e. The number of nitrogens with two attached hydrogens (primary N) is 1. The number of aryl methyl sites for hydroxylation is 1. The molecule has 2 rings (SSSR count). The van der Waals surface area contributed by atoms with Gasteiger partial charge in [0.1, 0.15) is 18.2 Å². The van der Waals surface area contributed by atoms with Crippen molar-refractivity contribution in [1.82, 2.24) is 14.9 Å². The van der Waals surface area contributed by atoms with E-state index < -0.39 is 0 Å². The lowest BCUT2D eigenvalue weighted by molar-refractivity contribution is -0.122. The van der Waals surface area contributed by atoms with Gasteiger partial charge in [-0.3, -0.25) is 9.69 Å². The molecule has 1 aromatic heterocycles. The van der Waals surface area contributed by atoms with Gasteiger partial charge in [0.25, 0.3) is 0 Å². The number of aromatic nitrogens is 2. The predicted molar refractivity (Wildman–Crippen MR) is 64.6 cm³/mol. The molecule has 6 heteroatoms. The van der Waals surface area contributed by atoms with Crippen LogP contribution in [-0.2, 0) is 4.79 Å². The van der Waals surface area contributed by atoms with Gasteiger partial charge in [-0.05, 0) is 14.0 Å². The van der Waals surface area contributed by atoms with Crippen LogP contribution in [0.5, 0.6) is 0 Å². The molecule has 1 aromatic rings. The minimum absolute atomic E-state index is 0.251. The lowest BCUT2D eigenvalue weighted by atomic mass is 10.1. The molecule has 0 radical (unpaired) electrons. The summed E-state index contributed by atoms with van der Waals surface area (Å²) in [6, 6.07) is 1.67. The average molecular weight is 235 g/mol. The topological polar surface area (TPSA) is 75.3 Å². The lowest BCUT2D eigenvalue weighted by Crippen LogP contribution is -2.57. The van der Waals surface area contributed by atoms with Crippen LogP contribution in [0.2, 0.25) is 0 Å². The molecule has 17 heavy (non-hydrogen) atoms. The average Bonchev–Trinajstić information content (AvgIpc) is 2.29. The van der Waals surface area contributed by atoms with Crippen molar-refractivity contribution >= 4 is 11.7 Å². The monoisotopic (exact) mass is 235 g/mol. The second-order valence-electron chi connectivity index (χ2n) is 4.36. The van der Waals surface area contributed by atoms with E-state index in [4.69, 9.17) is 5.73 Å². The zero-order valence-corrected chi connectivity index (χ0v) is 10.1. The van der Waals surface area contributed by atoms with Crippen LogP contribution >= 0.6 is 0 Å². The molecular weight excluding hydrogens is 218 g/mol. The SMILES string of the molecule is Cc1cc(N2CCN(C)[C@@H](C(N)=O)C2)ncn1. The van der Waals surface area contributed by atoms with Crippen molar-refractivity contribution in [2.24, 2.45) is 5.73 Å². The van der Waals surface area contributed by atoms with Crippen LogP contribution in [0.15, 0.2) is 12.4 Å². The number of nitrogens with zero attached hydrogens (tertiary/aromatic N) is 4. The number of piperazine rings is 1. The second kappa shape index (κ2) is 4.67. The van der Waals surface area contributed by atoms with Gasteiger partial charge in [0, 0.05) is 31.4 Å². The molecule has 1 aliphatic heterocycles. The minimum atomic E-state index is -0.289. The van der Waals surface area contributed by atoms with E-state index in [9.17, 15) is 4.79 Å². The maximum absolute atomic E-state index is 11.3. The zero-order chi connectivity index (χ0) is 12.4. The molecule has 2 heterocycles. The molecule has 0 aromatic carbocycles. The van der Waals surface area contributed by atoms with Gasteiger partial charge in [0.05, 0.1) is 0 Å². The first-order valence-corrected chi connectivity index (χ1v) is 5.61. The van der Waals surface area contributed by atoms with Crippen LogP contribution in [0.4, 0.5) is 5.82 Å². The van der Waals surface area contributed by atoms with Crippen LogP contribution in [0.1, 0.15) is 5.69 Å². The highest BCUT2D eigenvalue weighted by Gasteiger charge is 2.28. The van der Waals surface area contributed by atoms with E-state index in [-0.39, 0.29) is 11.9 Å². The molecule has 2 N–H and O–H groups in total. The maximum Gasteiger partial charge on any atom is 0.236 e. The van der Waals surface area contributed by atoms with E-state index >= 15 is 0 Å². The summed E-state index contributed by atoms with van der Waals surface area (Å²) in [4.78, 5) is 23.7. The van der Waals surface area contributed by atoms with E-state index in [0.717, 1.165) is 24.6 Å². The maximum atomic E-state index is 11.3. The number of anilines is 1. The van der Waals surface area contributed by atoms with Gasteiger partial charge in [-0.1, -0.05) is 0 Å². The van der Waals surface area contributed by atoms with Gasteiger partial charge in [-0.2, -0.15) is 0 Å². The third-order valence-corrected chi connectivity index (χ3v) is 3.09. The van der Waals surface area contributed by atoms with Gasteiger partial charge in [-0.25, -0.2) is 9.97 Å². The highest BCUT2D eigenvalue weighted by atomic mass is 16.1. The van der Waals surface area contributed by atoms with E-state index in [2.05, 4.69) is 14.9 Å². The number of primary amides is 1. The molecule has 0 unspecified atom stereocenters. The van der Waals surface area contributed by atoms with E-state index in [1.54, 1.807) is 6.33 Å². The molecule has 0 spiro atoms. The summed E-state index contributed by atoms with van der Waals surface area (Å²) in [5, 5.41) is 0. The molecule has 0 bridgehead atoms. The molecule has 1 amide bonds. The zero-order valence-electron chi connectivity index (χ0n) is 10.1. The summed E-state index contributed by atoms with van der Waals surface area (Å²) >= 11 is 0. The fourth-order valence-electron chi connectivity index (χ4n) is 2.00. The summed E-state index contributed by atoms with van der Waals surface area (Å²) in [7, 11) is 1.91. The molecule has 0 aliphatic carbocycles. The summed E-state index contributed by atoms with van der Waals surface area (Å²) in [6.45, 7) is 4.16. The van der Waals surface area contributed by atoms with Gasteiger partial charge < -0.3 is 10.6 Å². The standard InChI is InChI=1S/C11H17N5O/c1-8-5-10(14-7-13-8)16-4-3-15(2)9(6-16)11(12)17/h5,7,9H,3-4,6H2,1-2H3,(H2,12,17)/t9-/m1/s1. The van der Waals surface area contributed by atoms with Crippen molar-refractivity contribution in [2.75, 3.05) is 31.6 Å². The number of carbonyl (C=O) groups is 1. The van der Waals surface area contributed by atoms with Crippen molar-refractivity contribution in [2.45, 2.75) is 13.0 Å². The highest BCUT2D eigenvalue weighted by molar-refractivity contribution is 5.80. The number of rotatable bonds is 2. The molecule has 1 saturated heterocycles. The summed E-state index contributed by atoms with van der Waals surface area (Å²) in [5.41, 5.74) is 6.31. The van der Waals surface area contributed by atoms with E-state index in [1.165, 1.54) is 0 Å². The third kappa shape index (κ3) is 2.52.